The number of carboxylic acid groups (broad SMARTS) is 1. The Bertz CT molecular complexity index is 481. The topological polar surface area (TPSA) is 55.8 Å². The highest BCUT2D eigenvalue weighted by atomic mass is 79.9. The first-order chi connectivity index (χ1) is 8.93. The molecule has 0 saturated carbocycles. The van der Waals surface area contributed by atoms with Crippen molar-refractivity contribution in [2.75, 3.05) is 13.7 Å². The molecule has 5 heteroatoms. The highest BCUT2D eigenvalue weighted by Crippen LogP contribution is 2.37. The van der Waals surface area contributed by atoms with E-state index in [1.54, 1.807) is 19.2 Å². The molecule has 0 aliphatic rings. The smallest absolute Gasteiger partial charge is 0.328 e. The molecule has 0 unspecified atom stereocenters. The molecule has 0 aliphatic heterocycles. The molecule has 0 aliphatic carbocycles. The summed E-state index contributed by atoms with van der Waals surface area (Å²) in [5, 5.41) is 8.62. The lowest BCUT2D eigenvalue weighted by atomic mass is 10.2. The number of hydrogen-bond donors (Lipinski definition) is 1. The predicted molar refractivity (Wildman–Crippen MR) is 77.7 cm³/mol. The fourth-order valence-corrected chi connectivity index (χ4v) is 1.97. The molecule has 0 saturated heterocycles. The third kappa shape index (κ3) is 4.95. The minimum absolute atomic E-state index is 0.406. The molecule has 0 bridgehead atoms. The van der Waals surface area contributed by atoms with Gasteiger partial charge in [0.25, 0.3) is 0 Å². The van der Waals surface area contributed by atoms with Crippen LogP contribution in [0.15, 0.2) is 22.7 Å². The van der Waals surface area contributed by atoms with E-state index in [9.17, 15) is 4.79 Å². The Morgan fingerprint density at radius 2 is 2.16 bits per heavy atom. The monoisotopic (exact) mass is 328 g/mol. The fourth-order valence-electron chi connectivity index (χ4n) is 1.39. The molecule has 1 aromatic rings. The van der Waals surface area contributed by atoms with Crippen molar-refractivity contribution in [1.29, 1.82) is 0 Å². The molecule has 0 radical (unpaired) electrons. The highest BCUT2D eigenvalue weighted by Gasteiger charge is 2.11. The Balaban J connectivity index is 3.03. The number of methoxy groups -OCH3 is 1. The Kier molecular flexibility index (Phi) is 5.89. The number of carboxylic acids is 1. The number of halogens is 1. The molecule has 0 aromatic heterocycles. The summed E-state index contributed by atoms with van der Waals surface area (Å²) in [5.74, 6) is 0.613. The lowest BCUT2D eigenvalue weighted by molar-refractivity contribution is -0.131. The van der Waals surface area contributed by atoms with Gasteiger partial charge in [0.15, 0.2) is 11.5 Å². The molecule has 0 atom stereocenters. The summed E-state index contributed by atoms with van der Waals surface area (Å²) in [6, 6.07) is 3.53. The first kappa shape index (κ1) is 15.6. The van der Waals surface area contributed by atoms with Crippen molar-refractivity contribution in [1.82, 2.24) is 0 Å². The fraction of sp³-hybridized carbons (Fsp3) is 0.357. The van der Waals surface area contributed by atoms with Crippen molar-refractivity contribution in [3.63, 3.8) is 0 Å². The second kappa shape index (κ2) is 7.19. The first-order valence-electron chi connectivity index (χ1n) is 5.85. The van der Waals surface area contributed by atoms with E-state index in [4.69, 9.17) is 14.6 Å². The van der Waals surface area contributed by atoms with E-state index < -0.39 is 5.97 Å². The predicted octanol–water partition coefficient (Wildman–Crippen LogP) is 3.59. The molecule has 0 spiro atoms. The molecule has 0 heterocycles. The summed E-state index contributed by atoms with van der Waals surface area (Å²) in [6.45, 7) is 4.70. The van der Waals surface area contributed by atoms with Crippen molar-refractivity contribution in [2.45, 2.75) is 13.8 Å². The van der Waals surface area contributed by atoms with Crippen LogP contribution in [0.2, 0.25) is 0 Å². The zero-order chi connectivity index (χ0) is 14.4. The molecule has 19 heavy (non-hydrogen) atoms. The van der Waals surface area contributed by atoms with Crippen LogP contribution in [0.25, 0.3) is 6.08 Å². The second-order valence-corrected chi connectivity index (χ2v) is 5.26. The van der Waals surface area contributed by atoms with Gasteiger partial charge in [0.1, 0.15) is 0 Å². The van der Waals surface area contributed by atoms with Crippen molar-refractivity contribution in [2.24, 2.45) is 5.92 Å². The average molecular weight is 329 g/mol. The molecule has 104 valence electrons. The Hall–Kier alpha value is -1.49. The Morgan fingerprint density at radius 3 is 2.68 bits per heavy atom. The van der Waals surface area contributed by atoms with E-state index in [-0.39, 0.29) is 0 Å². The normalized spacial score (nSPS) is 11.0. The third-order valence-electron chi connectivity index (χ3n) is 2.23. The molecule has 0 amide bonds. The van der Waals surface area contributed by atoms with Gasteiger partial charge in [-0.05, 0) is 45.6 Å². The second-order valence-electron chi connectivity index (χ2n) is 4.41. The van der Waals surface area contributed by atoms with Crippen molar-refractivity contribution >= 4 is 28.0 Å². The van der Waals surface area contributed by atoms with Crippen LogP contribution in [0, 0.1) is 5.92 Å². The van der Waals surface area contributed by atoms with Crippen LogP contribution in [0.5, 0.6) is 11.5 Å². The van der Waals surface area contributed by atoms with Crippen LogP contribution in [0.4, 0.5) is 0 Å². The van der Waals surface area contributed by atoms with Crippen LogP contribution in [0.1, 0.15) is 19.4 Å². The van der Waals surface area contributed by atoms with Crippen LogP contribution in [-0.2, 0) is 4.79 Å². The zero-order valence-electron chi connectivity index (χ0n) is 11.1. The highest BCUT2D eigenvalue weighted by molar-refractivity contribution is 9.10. The van der Waals surface area contributed by atoms with Gasteiger partial charge in [-0.25, -0.2) is 4.79 Å². The number of hydrogen-bond acceptors (Lipinski definition) is 3. The number of ether oxygens (including phenoxy) is 2. The maximum Gasteiger partial charge on any atom is 0.328 e. The zero-order valence-corrected chi connectivity index (χ0v) is 12.7. The molecule has 0 fully saturated rings. The van der Waals surface area contributed by atoms with Crippen LogP contribution >= 0.6 is 15.9 Å². The maximum atomic E-state index is 10.5. The van der Waals surface area contributed by atoms with Gasteiger partial charge in [-0.2, -0.15) is 0 Å². The standard InChI is InChI=1S/C14H17BrO4/c1-9(2)8-19-14-11(15)6-10(4-5-13(16)17)7-12(14)18-3/h4-7,9H,8H2,1-3H3,(H,16,17)/b5-4+. The van der Waals surface area contributed by atoms with Crippen molar-refractivity contribution in [3.8, 4) is 11.5 Å². The van der Waals surface area contributed by atoms with E-state index in [1.807, 2.05) is 0 Å². The van der Waals surface area contributed by atoms with E-state index in [2.05, 4.69) is 29.8 Å². The molecular formula is C14H17BrO4. The van der Waals surface area contributed by atoms with E-state index >= 15 is 0 Å². The molecule has 1 rings (SSSR count). The number of carbonyl (C=O) groups is 1. The number of benzene rings is 1. The Labute approximate surface area is 121 Å². The number of aliphatic carboxylic acids is 1. The van der Waals surface area contributed by atoms with Crippen molar-refractivity contribution < 1.29 is 19.4 Å². The molecule has 4 nitrogen and oxygen atoms in total. The summed E-state index contributed by atoms with van der Waals surface area (Å²) in [5.41, 5.74) is 0.725. The summed E-state index contributed by atoms with van der Waals surface area (Å²) in [7, 11) is 1.55. The summed E-state index contributed by atoms with van der Waals surface area (Å²) >= 11 is 3.41. The Morgan fingerprint density at radius 1 is 1.47 bits per heavy atom. The van der Waals surface area contributed by atoms with Gasteiger partial charge in [-0.15, -0.1) is 0 Å². The summed E-state index contributed by atoms with van der Waals surface area (Å²) in [6.07, 6.45) is 2.58. The van der Waals surface area contributed by atoms with Gasteiger partial charge in [0.2, 0.25) is 0 Å². The molecular weight excluding hydrogens is 312 g/mol. The SMILES string of the molecule is COc1cc(/C=C/C(=O)O)cc(Br)c1OCC(C)C. The van der Waals surface area contributed by atoms with Crippen LogP contribution < -0.4 is 9.47 Å². The minimum Gasteiger partial charge on any atom is -0.493 e. The quantitative estimate of drug-likeness (QED) is 0.811. The average Bonchev–Trinajstić information content (AvgIpc) is 2.34. The van der Waals surface area contributed by atoms with Gasteiger partial charge in [0.05, 0.1) is 18.2 Å². The lowest BCUT2D eigenvalue weighted by Gasteiger charge is -2.14. The largest absolute Gasteiger partial charge is 0.493 e. The minimum atomic E-state index is -0.991. The van der Waals surface area contributed by atoms with Gasteiger partial charge in [-0.3, -0.25) is 0 Å². The number of rotatable bonds is 6. The van der Waals surface area contributed by atoms with Gasteiger partial charge in [-0.1, -0.05) is 13.8 Å². The van der Waals surface area contributed by atoms with E-state index in [0.29, 0.717) is 24.0 Å². The molecule has 1 aromatic carbocycles. The summed E-state index contributed by atoms with van der Waals surface area (Å²) in [4.78, 5) is 10.5. The van der Waals surface area contributed by atoms with Crippen LogP contribution in [-0.4, -0.2) is 24.8 Å². The summed E-state index contributed by atoms with van der Waals surface area (Å²) < 4.78 is 11.7. The third-order valence-corrected chi connectivity index (χ3v) is 2.82. The maximum absolute atomic E-state index is 10.5. The lowest BCUT2D eigenvalue weighted by Crippen LogP contribution is -2.06. The van der Waals surface area contributed by atoms with E-state index in [0.717, 1.165) is 16.1 Å². The van der Waals surface area contributed by atoms with Gasteiger partial charge >= 0.3 is 5.97 Å². The van der Waals surface area contributed by atoms with Crippen LogP contribution in [0.3, 0.4) is 0 Å². The first-order valence-corrected chi connectivity index (χ1v) is 6.64. The van der Waals surface area contributed by atoms with Crippen molar-refractivity contribution in [3.05, 3.63) is 28.2 Å². The van der Waals surface area contributed by atoms with Gasteiger partial charge in [0, 0.05) is 6.08 Å². The van der Waals surface area contributed by atoms with Gasteiger partial charge < -0.3 is 14.6 Å². The van der Waals surface area contributed by atoms with E-state index in [1.165, 1.54) is 6.08 Å². The molecule has 1 N–H and O–H groups in total.